The van der Waals surface area contributed by atoms with Crippen LogP contribution < -0.4 is 5.32 Å². The fourth-order valence-corrected chi connectivity index (χ4v) is 3.15. The van der Waals surface area contributed by atoms with E-state index in [1.807, 2.05) is 43.3 Å². The van der Waals surface area contributed by atoms with Crippen LogP contribution >= 0.6 is 0 Å². The monoisotopic (exact) mass is 428 g/mol. The predicted molar refractivity (Wildman–Crippen MR) is 116 cm³/mol. The molecule has 0 saturated carbocycles. The van der Waals surface area contributed by atoms with Crippen LogP contribution in [0.25, 0.3) is 6.08 Å². The van der Waals surface area contributed by atoms with Crippen molar-refractivity contribution in [2.45, 2.75) is 26.4 Å². The number of benzene rings is 2. The van der Waals surface area contributed by atoms with Crippen LogP contribution in [0.2, 0.25) is 0 Å². The smallest absolute Gasteiger partial charge is 0.412 e. The Morgan fingerprint density at radius 1 is 1.16 bits per heavy atom. The van der Waals surface area contributed by atoms with E-state index in [9.17, 15) is 4.79 Å². The third-order valence-electron chi connectivity index (χ3n) is 4.74. The second kappa shape index (κ2) is 10.6. The van der Waals surface area contributed by atoms with E-state index in [0.29, 0.717) is 17.1 Å². The number of nitrogens with zero attached hydrogens (tertiary/aromatic N) is 1. The van der Waals surface area contributed by atoms with Crippen molar-refractivity contribution in [1.82, 2.24) is 5.16 Å². The zero-order valence-electron chi connectivity index (χ0n) is 17.5. The first kappa shape index (κ1) is 22.3. The first-order valence-corrected chi connectivity index (χ1v) is 9.81. The van der Waals surface area contributed by atoms with E-state index >= 15 is 0 Å². The van der Waals surface area contributed by atoms with Crippen LogP contribution in [0.15, 0.2) is 59.1 Å². The second-order valence-electron chi connectivity index (χ2n) is 6.91. The average Bonchev–Trinajstić information content (AvgIpc) is 3.40. The maximum absolute atomic E-state index is 12.3. The highest BCUT2D eigenvalue weighted by atomic mass is 16.6. The van der Waals surface area contributed by atoms with Gasteiger partial charge < -0.3 is 9.26 Å². The van der Waals surface area contributed by atoms with Crippen molar-refractivity contribution >= 4 is 24.0 Å². The maximum Gasteiger partial charge on any atom is 0.412 e. The number of rotatable bonds is 3. The summed E-state index contributed by atoms with van der Waals surface area (Å²) in [4.78, 5) is 28.6. The van der Waals surface area contributed by atoms with E-state index in [4.69, 9.17) is 18.8 Å². The molecule has 0 unspecified atom stereocenters. The summed E-state index contributed by atoms with van der Waals surface area (Å²) in [7, 11) is 0. The van der Waals surface area contributed by atoms with Crippen LogP contribution in [0.1, 0.15) is 46.7 Å². The number of aromatic nitrogens is 1. The molecule has 0 radical (unpaired) electrons. The number of nitrogens with one attached hydrogen (secondary N) is 1. The maximum atomic E-state index is 12.3. The van der Waals surface area contributed by atoms with Crippen molar-refractivity contribution in [3.05, 3.63) is 88.3 Å². The summed E-state index contributed by atoms with van der Waals surface area (Å²) in [5.41, 5.74) is 5.23. The lowest BCUT2D eigenvalue weighted by atomic mass is 10.1. The Labute approximate surface area is 185 Å². The number of fused-ring (bicyclic) bond motifs is 1. The Morgan fingerprint density at radius 3 is 2.66 bits per heavy atom. The van der Waals surface area contributed by atoms with E-state index in [1.54, 1.807) is 6.92 Å². The van der Waals surface area contributed by atoms with Gasteiger partial charge in [0.15, 0.2) is 0 Å². The van der Waals surface area contributed by atoms with Crippen LogP contribution in [0.5, 0.6) is 0 Å². The molecule has 7 heteroatoms. The van der Waals surface area contributed by atoms with Gasteiger partial charge in [-0.3, -0.25) is 5.32 Å². The van der Waals surface area contributed by atoms with Crippen LogP contribution in [-0.4, -0.2) is 17.4 Å². The molecule has 1 amide bonds. The zero-order chi connectivity index (χ0) is 22.9. The summed E-state index contributed by atoms with van der Waals surface area (Å²) in [5, 5.41) is 6.63. The number of ether oxygens (including phenoxy) is 1. The SMILES string of the molecule is Cc1noc(C#Cc2ccc3c(c2)CC=C3)c1NC(=O)O[C@H](C)c1ccccc1.O=C=O. The molecule has 1 aliphatic carbocycles. The molecule has 160 valence electrons. The summed E-state index contributed by atoms with van der Waals surface area (Å²) in [6.07, 6.45) is 4.44. The molecule has 0 bridgehead atoms. The normalized spacial score (nSPS) is 11.7. The summed E-state index contributed by atoms with van der Waals surface area (Å²) in [6.45, 7) is 3.56. The van der Waals surface area contributed by atoms with Gasteiger partial charge in [0.2, 0.25) is 5.76 Å². The van der Waals surface area contributed by atoms with Crippen molar-refractivity contribution in [3.63, 3.8) is 0 Å². The third kappa shape index (κ3) is 5.60. The number of amides is 1. The van der Waals surface area contributed by atoms with Gasteiger partial charge in [0.05, 0.1) is 0 Å². The van der Waals surface area contributed by atoms with Gasteiger partial charge in [-0.15, -0.1) is 0 Å². The lowest BCUT2D eigenvalue weighted by molar-refractivity contribution is -0.191. The van der Waals surface area contributed by atoms with Gasteiger partial charge in [-0.05, 0) is 55.0 Å². The molecule has 0 aliphatic heterocycles. The number of anilines is 1. The Balaban J connectivity index is 0.000000913. The molecule has 1 N–H and O–H groups in total. The van der Waals surface area contributed by atoms with Gasteiger partial charge in [-0.2, -0.15) is 9.59 Å². The molecule has 3 aromatic rings. The quantitative estimate of drug-likeness (QED) is 0.609. The summed E-state index contributed by atoms with van der Waals surface area (Å²) >= 11 is 0. The third-order valence-corrected chi connectivity index (χ3v) is 4.74. The number of hydrogen-bond acceptors (Lipinski definition) is 6. The Kier molecular flexibility index (Phi) is 7.37. The van der Waals surface area contributed by atoms with E-state index < -0.39 is 6.09 Å². The first-order chi connectivity index (χ1) is 15.5. The topological polar surface area (TPSA) is 98.5 Å². The molecule has 32 heavy (non-hydrogen) atoms. The molecule has 1 heterocycles. The molecular weight excluding hydrogens is 408 g/mol. The molecule has 0 spiro atoms. The van der Waals surface area contributed by atoms with Gasteiger partial charge >= 0.3 is 12.2 Å². The summed E-state index contributed by atoms with van der Waals surface area (Å²) < 4.78 is 10.8. The highest BCUT2D eigenvalue weighted by Gasteiger charge is 2.17. The van der Waals surface area contributed by atoms with Crippen molar-refractivity contribution in [1.29, 1.82) is 0 Å². The fourth-order valence-electron chi connectivity index (χ4n) is 3.15. The van der Waals surface area contributed by atoms with Gasteiger partial charge in [-0.25, -0.2) is 4.79 Å². The molecule has 1 aliphatic rings. The molecule has 0 saturated heterocycles. The van der Waals surface area contributed by atoms with Crippen LogP contribution in [0, 0.1) is 18.8 Å². The predicted octanol–water partition coefficient (Wildman–Crippen LogP) is 4.68. The molecule has 2 aromatic carbocycles. The molecule has 7 nitrogen and oxygen atoms in total. The van der Waals surface area contributed by atoms with Gasteiger partial charge in [0.1, 0.15) is 17.5 Å². The van der Waals surface area contributed by atoms with Gasteiger partial charge in [-0.1, -0.05) is 59.6 Å². The number of aryl methyl sites for hydroxylation is 1. The van der Waals surface area contributed by atoms with Crippen LogP contribution in [0.4, 0.5) is 10.5 Å². The second-order valence-corrected chi connectivity index (χ2v) is 6.91. The summed E-state index contributed by atoms with van der Waals surface area (Å²) in [6, 6.07) is 15.6. The van der Waals surface area contributed by atoms with Gasteiger partial charge in [0, 0.05) is 5.56 Å². The standard InChI is InChI=1S/C24H20N2O3.CO2/c1-16-23(25-24(27)28-17(2)19-7-4-3-5-8-19)22(29-26-16)14-12-18-11-13-20-9-6-10-21(20)15-18;2-1-3/h3-9,11,13,15,17H,10H2,1-2H3,(H,25,27);/t17-;/m1./s1. The minimum absolute atomic E-state index is 0.250. The van der Waals surface area contributed by atoms with E-state index in [-0.39, 0.29) is 12.3 Å². The van der Waals surface area contributed by atoms with E-state index in [0.717, 1.165) is 17.5 Å². The highest BCUT2D eigenvalue weighted by Crippen LogP contribution is 2.23. The first-order valence-electron chi connectivity index (χ1n) is 9.81. The minimum Gasteiger partial charge on any atom is -0.441 e. The number of hydrogen-bond donors (Lipinski definition) is 1. The number of carbonyl (C=O) groups is 1. The Morgan fingerprint density at radius 2 is 1.91 bits per heavy atom. The Hall–Kier alpha value is -4.40. The van der Waals surface area contributed by atoms with Crippen molar-refractivity contribution in [2.75, 3.05) is 5.32 Å². The minimum atomic E-state index is -0.584. The van der Waals surface area contributed by atoms with Crippen molar-refractivity contribution in [3.8, 4) is 11.8 Å². The molecule has 1 aromatic heterocycles. The highest BCUT2D eigenvalue weighted by molar-refractivity contribution is 5.87. The number of allylic oxidation sites excluding steroid dienone is 1. The number of carbonyl (C=O) groups excluding carboxylic acids is 3. The lowest BCUT2D eigenvalue weighted by Crippen LogP contribution is -2.16. The molecule has 0 fully saturated rings. The lowest BCUT2D eigenvalue weighted by Gasteiger charge is -2.13. The fraction of sp³-hybridized carbons (Fsp3) is 0.160. The average molecular weight is 428 g/mol. The van der Waals surface area contributed by atoms with E-state index in [1.165, 1.54) is 11.1 Å². The van der Waals surface area contributed by atoms with Crippen molar-refractivity contribution < 1.29 is 23.6 Å². The van der Waals surface area contributed by atoms with Gasteiger partial charge in [0.25, 0.3) is 0 Å². The molecular formula is C25H20N2O5. The Bertz CT molecular complexity index is 1230. The van der Waals surface area contributed by atoms with E-state index in [2.05, 4.69) is 46.6 Å². The molecule has 1 atom stereocenters. The molecule has 4 rings (SSSR count). The van der Waals surface area contributed by atoms with Crippen LogP contribution in [-0.2, 0) is 20.7 Å². The van der Waals surface area contributed by atoms with Crippen molar-refractivity contribution in [2.24, 2.45) is 0 Å². The summed E-state index contributed by atoms with van der Waals surface area (Å²) in [5.74, 6) is 6.34. The zero-order valence-corrected chi connectivity index (χ0v) is 17.5. The van der Waals surface area contributed by atoms with Crippen LogP contribution in [0.3, 0.4) is 0 Å². The largest absolute Gasteiger partial charge is 0.441 e.